The highest BCUT2D eigenvalue weighted by molar-refractivity contribution is 7.71. The van der Waals surface area contributed by atoms with Crippen LogP contribution in [0, 0.1) is 11.7 Å². The highest BCUT2D eigenvalue weighted by atomic mass is 32.1. The summed E-state index contributed by atoms with van der Waals surface area (Å²) in [5.41, 5.74) is 0. The molecular formula is C14H18N4O2S. The molecule has 0 aliphatic carbocycles. The Labute approximate surface area is 128 Å². The van der Waals surface area contributed by atoms with Crippen molar-refractivity contribution >= 4 is 24.4 Å². The van der Waals surface area contributed by atoms with Crippen LogP contribution in [0.2, 0.25) is 0 Å². The lowest BCUT2D eigenvalue weighted by atomic mass is 10.4. The van der Waals surface area contributed by atoms with Crippen molar-refractivity contribution in [1.29, 1.82) is 0 Å². The first-order valence-electron chi connectivity index (χ1n) is 6.92. The van der Waals surface area contributed by atoms with E-state index in [-0.39, 0.29) is 0 Å². The Kier molecular flexibility index (Phi) is 4.33. The first kappa shape index (κ1) is 14.2. The predicted octanol–water partition coefficient (Wildman–Crippen LogP) is 2.30. The zero-order chi connectivity index (χ0) is 14.7. The van der Waals surface area contributed by atoms with Crippen LogP contribution in [-0.4, -0.2) is 46.0 Å². The van der Waals surface area contributed by atoms with Gasteiger partial charge in [-0.1, -0.05) is 0 Å². The van der Waals surface area contributed by atoms with Gasteiger partial charge in [-0.05, 0) is 43.4 Å². The van der Waals surface area contributed by atoms with E-state index in [1.165, 1.54) is 0 Å². The van der Waals surface area contributed by atoms with E-state index in [0.717, 1.165) is 43.6 Å². The van der Waals surface area contributed by atoms with Gasteiger partial charge in [-0.25, -0.2) is 4.68 Å². The molecule has 3 heterocycles. The van der Waals surface area contributed by atoms with E-state index in [2.05, 4.69) is 15.0 Å². The number of aryl methyl sites for hydroxylation is 1. The molecule has 3 rings (SSSR count). The molecule has 21 heavy (non-hydrogen) atoms. The zero-order valence-electron chi connectivity index (χ0n) is 11.9. The van der Waals surface area contributed by atoms with Crippen molar-refractivity contribution in [3.63, 3.8) is 0 Å². The SMILES string of the molecule is Cc1ccc(C=Cc2nc(=S)n(CN3CCOCC3)[nH]2)o1. The summed E-state index contributed by atoms with van der Waals surface area (Å²) in [7, 11) is 0. The Morgan fingerprint density at radius 3 is 2.86 bits per heavy atom. The second-order valence-electron chi connectivity index (χ2n) is 4.97. The van der Waals surface area contributed by atoms with Gasteiger partial charge in [0.05, 0.1) is 19.9 Å². The summed E-state index contributed by atoms with van der Waals surface area (Å²) >= 11 is 5.28. The van der Waals surface area contributed by atoms with Gasteiger partial charge in [0.2, 0.25) is 4.77 Å². The molecule has 0 aromatic carbocycles. The van der Waals surface area contributed by atoms with E-state index in [1.807, 2.05) is 35.9 Å². The molecular weight excluding hydrogens is 288 g/mol. The fraction of sp³-hybridized carbons (Fsp3) is 0.429. The van der Waals surface area contributed by atoms with Crippen molar-refractivity contribution in [1.82, 2.24) is 19.7 Å². The molecule has 0 radical (unpaired) electrons. The summed E-state index contributed by atoms with van der Waals surface area (Å²) < 4.78 is 13.2. The molecule has 0 spiro atoms. The van der Waals surface area contributed by atoms with E-state index in [0.29, 0.717) is 11.4 Å². The summed E-state index contributed by atoms with van der Waals surface area (Å²) in [6.45, 7) is 6.00. The molecule has 0 atom stereocenters. The number of morpholine rings is 1. The molecule has 0 bridgehead atoms. The maximum Gasteiger partial charge on any atom is 0.217 e. The molecule has 0 unspecified atom stereocenters. The smallest absolute Gasteiger partial charge is 0.217 e. The summed E-state index contributed by atoms with van der Waals surface area (Å²) in [5, 5.41) is 3.20. The highest BCUT2D eigenvalue weighted by Crippen LogP contribution is 2.10. The number of rotatable bonds is 4. The van der Waals surface area contributed by atoms with Crippen LogP contribution in [0.4, 0.5) is 0 Å². The predicted molar refractivity (Wildman–Crippen MR) is 82.2 cm³/mol. The van der Waals surface area contributed by atoms with Crippen molar-refractivity contribution < 1.29 is 9.15 Å². The van der Waals surface area contributed by atoms with Crippen LogP contribution in [-0.2, 0) is 11.4 Å². The quantitative estimate of drug-likeness (QED) is 0.878. The standard InChI is InChI=1S/C14H18N4O2S/c1-11-2-3-12(20-11)4-5-13-15-14(21)18(16-13)10-17-6-8-19-9-7-17/h2-5H,6-10H2,1H3,(H,15,16,21). The maximum atomic E-state index is 5.48. The molecule has 1 N–H and O–H groups in total. The Balaban J connectivity index is 1.68. The van der Waals surface area contributed by atoms with Gasteiger partial charge in [0.15, 0.2) is 0 Å². The van der Waals surface area contributed by atoms with Gasteiger partial charge in [-0.3, -0.25) is 10.00 Å². The normalized spacial score (nSPS) is 16.8. The van der Waals surface area contributed by atoms with E-state index < -0.39 is 0 Å². The van der Waals surface area contributed by atoms with Crippen LogP contribution in [0.25, 0.3) is 12.2 Å². The lowest BCUT2D eigenvalue weighted by Gasteiger charge is -2.26. The van der Waals surface area contributed by atoms with Crippen molar-refractivity contribution in [2.75, 3.05) is 26.3 Å². The molecule has 1 fully saturated rings. The Bertz CT molecular complexity index is 679. The van der Waals surface area contributed by atoms with Gasteiger partial charge in [-0.15, -0.1) is 0 Å². The van der Waals surface area contributed by atoms with Crippen LogP contribution < -0.4 is 0 Å². The monoisotopic (exact) mass is 306 g/mol. The Morgan fingerprint density at radius 2 is 2.14 bits per heavy atom. The number of ether oxygens (including phenoxy) is 1. The van der Waals surface area contributed by atoms with Gasteiger partial charge in [0.1, 0.15) is 17.3 Å². The van der Waals surface area contributed by atoms with Crippen molar-refractivity contribution in [2.24, 2.45) is 0 Å². The van der Waals surface area contributed by atoms with Crippen molar-refractivity contribution in [2.45, 2.75) is 13.6 Å². The largest absolute Gasteiger partial charge is 0.462 e. The number of nitrogens with zero attached hydrogens (tertiary/aromatic N) is 3. The number of nitrogens with one attached hydrogen (secondary N) is 1. The molecule has 7 heteroatoms. The number of furan rings is 1. The summed E-state index contributed by atoms with van der Waals surface area (Å²) in [6.07, 6.45) is 3.74. The molecule has 112 valence electrons. The average molecular weight is 306 g/mol. The zero-order valence-corrected chi connectivity index (χ0v) is 12.7. The highest BCUT2D eigenvalue weighted by Gasteiger charge is 2.11. The second kappa shape index (κ2) is 6.38. The van der Waals surface area contributed by atoms with Crippen molar-refractivity contribution in [3.8, 4) is 0 Å². The molecule has 1 aliphatic heterocycles. The van der Waals surface area contributed by atoms with Gasteiger partial charge < -0.3 is 9.15 Å². The minimum absolute atomic E-state index is 0.553. The lowest BCUT2D eigenvalue weighted by molar-refractivity contribution is 0.0210. The van der Waals surface area contributed by atoms with Gasteiger partial charge >= 0.3 is 0 Å². The second-order valence-corrected chi connectivity index (χ2v) is 5.34. The van der Waals surface area contributed by atoms with Crippen LogP contribution >= 0.6 is 12.2 Å². The van der Waals surface area contributed by atoms with Gasteiger partial charge in [0.25, 0.3) is 0 Å². The van der Waals surface area contributed by atoms with E-state index >= 15 is 0 Å². The number of hydrogen-bond donors (Lipinski definition) is 1. The summed E-state index contributed by atoms with van der Waals surface area (Å²) in [4.78, 5) is 6.61. The van der Waals surface area contributed by atoms with Crippen LogP contribution in [0.3, 0.4) is 0 Å². The third-order valence-electron chi connectivity index (χ3n) is 3.31. The average Bonchev–Trinajstić information content (AvgIpc) is 3.04. The molecule has 2 aromatic rings. The molecule has 1 saturated heterocycles. The van der Waals surface area contributed by atoms with E-state index in [9.17, 15) is 0 Å². The molecule has 0 amide bonds. The van der Waals surface area contributed by atoms with Gasteiger partial charge in [0, 0.05) is 13.1 Å². The summed E-state index contributed by atoms with van der Waals surface area (Å²) in [5.74, 6) is 2.41. The molecule has 6 nitrogen and oxygen atoms in total. The first-order valence-corrected chi connectivity index (χ1v) is 7.33. The molecule has 1 aliphatic rings. The lowest BCUT2D eigenvalue weighted by Crippen LogP contribution is -2.37. The number of aromatic nitrogens is 3. The maximum absolute atomic E-state index is 5.48. The van der Waals surface area contributed by atoms with E-state index in [4.69, 9.17) is 21.4 Å². The number of aromatic amines is 1. The van der Waals surface area contributed by atoms with Crippen LogP contribution in [0.5, 0.6) is 0 Å². The third-order valence-corrected chi connectivity index (χ3v) is 3.62. The molecule has 0 saturated carbocycles. The third kappa shape index (κ3) is 3.69. The Morgan fingerprint density at radius 1 is 1.33 bits per heavy atom. The fourth-order valence-electron chi connectivity index (χ4n) is 2.19. The topological polar surface area (TPSA) is 59.2 Å². The van der Waals surface area contributed by atoms with Crippen molar-refractivity contribution in [3.05, 3.63) is 34.2 Å². The van der Waals surface area contributed by atoms with E-state index in [1.54, 1.807) is 0 Å². The summed E-state index contributed by atoms with van der Waals surface area (Å²) in [6, 6.07) is 3.85. The molecule has 2 aromatic heterocycles. The first-order chi connectivity index (χ1) is 10.2. The minimum Gasteiger partial charge on any atom is -0.462 e. The van der Waals surface area contributed by atoms with Gasteiger partial charge in [-0.2, -0.15) is 4.98 Å². The minimum atomic E-state index is 0.553. The van der Waals surface area contributed by atoms with Crippen LogP contribution in [0.1, 0.15) is 17.3 Å². The van der Waals surface area contributed by atoms with Crippen LogP contribution in [0.15, 0.2) is 16.5 Å². The number of hydrogen-bond acceptors (Lipinski definition) is 5. The number of H-pyrrole nitrogens is 1. The Hall–Kier alpha value is -1.70. The fourth-order valence-corrected chi connectivity index (χ4v) is 2.39.